The summed E-state index contributed by atoms with van der Waals surface area (Å²) in [5, 5.41) is 0. The fraction of sp³-hybridized carbons (Fsp3) is 0.462. The third-order valence-electron chi connectivity index (χ3n) is 3.03. The molecule has 4 nitrogen and oxygen atoms in total. The number of benzene rings is 1. The minimum atomic E-state index is 0.0488. The molecular formula is C13H18N2O2. The topological polar surface area (TPSA) is 55.6 Å². The molecule has 1 heterocycles. The van der Waals surface area contributed by atoms with E-state index in [4.69, 9.17) is 10.5 Å². The maximum Gasteiger partial charge on any atom is 0.254 e. The lowest BCUT2D eigenvalue weighted by molar-refractivity contribution is -0.0387. The molecule has 0 spiro atoms. The second kappa shape index (κ2) is 4.75. The molecule has 2 unspecified atom stereocenters. The molecule has 0 saturated carbocycles. The first-order chi connectivity index (χ1) is 8.08. The first-order valence-corrected chi connectivity index (χ1v) is 5.86. The first-order valence-electron chi connectivity index (χ1n) is 5.86. The quantitative estimate of drug-likeness (QED) is 0.749. The van der Waals surface area contributed by atoms with Crippen LogP contribution in [0.4, 0.5) is 5.69 Å². The van der Waals surface area contributed by atoms with E-state index in [-0.39, 0.29) is 18.1 Å². The number of nitrogens with zero attached hydrogens (tertiary/aromatic N) is 1. The molecule has 17 heavy (non-hydrogen) atoms. The van der Waals surface area contributed by atoms with Crippen LogP contribution in [-0.4, -0.2) is 36.1 Å². The summed E-state index contributed by atoms with van der Waals surface area (Å²) in [6.07, 6.45) is 0.101. The molecule has 2 rings (SSSR count). The maximum absolute atomic E-state index is 12.3. The Bertz CT molecular complexity index is 402. The number of carbonyl (C=O) groups excluding carboxylic acids is 1. The lowest BCUT2D eigenvalue weighted by Crippen LogP contribution is -2.50. The Hall–Kier alpha value is -1.55. The molecule has 1 aliphatic rings. The zero-order valence-corrected chi connectivity index (χ0v) is 10.2. The second-order valence-electron chi connectivity index (χ2n) is 4.57. The molecule has 1 aromatic rings. The van der Waals surface area contributed by atoms with Crippen LogP contribution >= 0.6 is 0 Å². The van der Waals surface area contributed by atoms with Crippen LogP contribution in [0, 0.1) is 0 Å². The predicted molar refractivity (Wildman–Crippen MR) is 66.8 cm³/mol. The summed E-state index contributed by atoms with van der Waals surface area (Å²) in [4.78, 5) is 14.2. The van der Waals surface area contributed by atoms with Crippen molar-refractivity contribution in [3.8, 4) is 0 Å². The SMILES string of the molecule is CC1CN(C(=O)c2ccc(N)cc2)C(C)CO1. The summed E-state index contributed by atoms with van der Waals surface area (Å²) in [6, 6.07) is 7.16. The number of nitrogen functional groups attached to an aromatic ring is 1. The summed E-state index contributed by atoms with van der Waals surface area (Å²) in [5.41, 5.74) is 6.96. The Labute approximate surface area is 101 Å². The molecule has 0 radical (unpaired) electrons. The third kappa shape index (κ3) is 2.58. The van der Waals surface area contributed by atoms with Gasteiger partial charge in [-0.05, 0) is 38.1 Å². The van der Waals surface area contributed by atoms with E-state index in [1.165, 1.54) is 0 Å². The van der Waals surface area contributed by atoms with Gasteiger partial charge in [-0.15, -0.1) is 0 Å². The van der Waals surface area contributed by atoms with E-state index in [0.29, 0.717) is 24.4 Å². The molecule has 92 valence electrons. The maximum atomic E-state index is 12.3. The third-order valence-corrected chi connectivity index (χ3v) is 3.03. The number of hydrogen-bond donors (Lipinski definition) is 1. The fourth-order valence-electron chi connectivity index (χ4n) is 1.98. The lowest BCUT2D eigenvalue weighted by atomic mass is 10.1. The van der Waals surface area contributed by atoms with E-state index in [9.17, 15) is 4.79 Å². The Balaban J connectivity index is 2.15. The zero-order valence-electron chi connectivity index (χ0n) is 10.2. The van der Waals surface area contributed by atoms with Gasteiger partial charge in [-0.1, -0.05) is 0 Å². The monoisotopic (exact) mass is 234 g/mol. The van der Waals surface area contributed by atoms with E-state index < -0.39 is 0 Å². The van der Waals surface area contributed by atoms with Crippen molar-refractivity contribution < 1.29 is 9.53 Å². The number of morpholine rings is 1. The molecule has 1 saturated heterocycles. The molecule has 0 aromatic heterocycles. The number of anilines is 1. The van der Waals surface area contributed by atoms with Crippen LogP contribution in [0.25, 0.3) is 0 Å². The van der Waals surface area contributed by atoms with Gasteiger partial charge in [-0.2, -0.15) is 0 Å². The van der Waals surface area contributed by atoms with Gasteiger partial charge in [-0.25, -0.2) is 0 Å². The van der Waals surface area contributed by atoms with Crippen LogP contribution in [0.2, 0.25) is 0 Å². The normalized spacial score (nSPS) is 24.7. The van der Waals surface area contributed by atoms with E-state index >= 15 is 0 Å². The summed E-state index contributed by atoms with van der Waals surface area (Å²) >= 11 is 0. The highest BCUT2D eigenvalue weighted by Gasteiger charge is 2.27. The smallest absolute Gasteiger partial charge is 0.254 e. The Morgan fingerprint density at radius 1 is 1.35 bits per heavy atom. The van der Waals surface area contributed by atoms with Crippen molar-refractivity contribution in [3.05, 3.63) is 29.8 Å². The number of hydrogen-bond acceptors (Lipinski definition) is 3. The van der Waals surface area contributed by atoms with Gasteiger partial charge in [0.05, 0.1) is 18.8 Å². The van der Waals surface area contributed by atoms with Crippen LogP contribution in [0.15, 0.2) is 24.3 Å². The summed E-state index contributed by atoms with van der Waals surface area (Å²) in [6.45, 7) is 5.22. The number of rotatable bonds is 1. The minimum absolute atomic E-state index is 0.0488. The van der Waals surface area contributed by atoms with Gasteiger partial charge in [0.1, 0.15) is 0 Å². The van der Waals surface area contributed by atoms with E-state index in [1.54, 1.807) is 24.3 Å². The van der Waals surface area contributed by atoms with Crippen LogP contribution in [0.3, 0.4) is 0 Å². The number of carbonyl (C=O) groups is 1. The van der Waals surface area contributed by atoms with Gasteiger partial charge in [0.15, 0.2) is 0 Å². The highest BCUT2D eigenvalue weighted by molar-refractivity contribution is 5.94. The molecule has 4 heteroatoms. The zero-order chi connectivity index (χ0) is 12.4. The van der Waals surface area contributed by atoms with Crippen molar-refractivity contribution in [3.63, 3.8) is 0 Å². The molecule has 0 aliphatic carbocycles. The van der Waals surface area contributed by atoms with Crippen molar-refractivity contribution >= 4 is 11.6 Å². The van der Waals surface area contributed by atoms with E-state index in [1.807, 2.05) is 18.7 Å². The van der Waals surface area contributed by atoms with Gasteiger partial charge in [0, 0.05) is 17.8 Å². The van der Waals surface area contributed by atoms with Crippen LogP contribution in [0.5, 0.6) is 0 Å². The van der Waals surface area contributed by atoms with Crippen LogP contribution < -0.4 is 5.73 Å². The fourth-order valence-corrected chi connectivity index (χ4v) is 1.98. The molecule has 1 amide bonds. The number of nitrogens with two attached hydrogens (primary N) is 1. The summed E-state index contributed by atoms with van der Waals surface area (Å²) in [7, 11) is 0. The Kier molecular flexibility index (Phi) is 3.33. The van der Waals surface area contributed by atoms with Crippen molar-refractivity contribution in [1.82, 2.24) is 4.90 Å². The van der Waals surface area contributed by atoms with Crippen molar-refractivity contribution in [2.24, 2.45) is 0 Å². The second-order valence-corrected chi connectivity index (χ2v) is 4.57. The van der Waals surface area contributed by atoms with Gasteiger partial charge in [0.2, 0.25) is 0 Å². The lowest BCUT2D eigenvalue weighted by Gasteiger charge is -2.36. The molecule has 1 aliphatic heterocycles. The van der Waals surface area contributed by atoms with Gasteiger partial charge in [-0.3, -0.25) is 4.79 Å². The predicted octanol–water partition coefficient (Wildman–Crippen LogP) is 1.52. The van der Waals surface area contributed by atoms with Crippen molar-refractivity contribution in [2.75, 3.05) is 18.9 Å². The summed E-state index contributed by atoms with van der Waals surface area (Å²) < 4.78 is 5.51. The largest absolute Gasteiger partial charge is 0.399 e. The number of ether oxygens (including phenoxy) is 1. The molecule has 0 bridgehead atoms. The average Bonchev–Trinajstić information content (AvgIpc) is 2.32. The molecule has 1 aromatic carbocycles. The van der Waals surface area contributed by atoms with Crippen LogP contribution in [-0.2, 0) is 4.74 Å². The van der Waals surface area contributed by atoms with Gasteiger partial charge >= 0.3 is 0 Å². The highest BCUT2D eigenvalue weighted by Crippen LogP contribution is 2.16. The number of amides is 1. The minimum Gasteiger partial charge on any atom is -0.399 e. The molecule has 1 fully saturated rings. The Morgan fingerprint density at radius 3 is 2.65 bits per heavy atom. The van der Waals surface area contributed by atoms with Gasteiger partial charge < -0.3 is 15.4 Å². The molecular weight excluding hydrogens is 216 g/mol. The van der Waals surface area contributed by atoms with E-state index in [0.717, 1.165) is 0 Å². The van der Waals surface area contributed by atoms with Gasteiger partial charge in [0.25, 0.3) is 5.91 Å². The van der Waals surface area contributed by atoms with Crippen LogP contribution in [0.1, 0.15) is 24.2 Å². The van der Waals surface area contributed by atoms with Crippen molar-refractivity contribution in [2.45, 2.75) is 26.0 Å². The first kappa shape index (κ1) is 11.9. The van der Waals surface area contributed by atoms with E-state index in [2.05, 4.69) is 0 Å². The molecule has 2 atom stereocenters. The van der Waals surface area contributed by atoms with Crippen molar-refractivity contribution in [1.29, 1.82) is 0 Å². The average molecular weight is 234 g/mol. The molecule has 2 N–H and O–H groups in total. The highest BCUT2D eigenvalue weighted by atomic mass is 16.5. The standard InChI is InChI=1S/C13H18N2O2/c1-9-8-17-10(2)7-15(9)13(16)11-3-5-12(14)6-4-11/h3-6,9-10H,7-8,14H2,1-2H3. The summed E-state index contributed by atoms with van der Waals surface area (Å²) in [5.74, 6) is 0.0488. The Morgan fingerprint density at radius 2 is 2.00 bits per heavy atom.